The topological polar surface area (TPSA) is 335 Å². The third kappa shape index (κ3) is 7.73. The maximum Gasteiger partial charge on any atom is 0.315 e. The molecule has 8 rings (SSSR count). The first-order chi connectivity index (χ1) is 31.3. The smallest absolute Gasteiger partial charge is 0.315 e. The van der Waals surface area contributed by atoms with Crippen LogP contribution in [0.15, 0.2) is 11.6 Å². The van der Waals surface area contributed by atoms with Crippen LogP contribution in [0.5, 0.6) is 0 Å². The lowest BCUT2D eigenvalue weighted by Crippen LogP contribution is -2.70. The lowest BCUT2D eigenvalue weighted by molar-refractivity contribution is -0.383. The van der Waals surface area contributed by atoms with Gasteiger partial charge in [0.05, 0.1) is 49.7 Å². The van der Waals surface area contributed by atoms with Crippen LogP contribution in [0.3, 0.4) is 0 Å². The summed E-state index contributed by atoms with van der Waals surface area (Å²) in [6, 6.07) is 0. The van der Waals surface area contributed by atoms with Crippen molar-refractivity contribution in [2.24, 2.45) is 50.7 Å². The number of aliphatic hydroxyl groups excluding tert-OH is 12. The standard InChI is InChI=1S/C47H76O20/c1-20-9-12-47(14-13-44(4)21(36(47)46(20,6)61)7-8-27-42(2)15-22(51)37(59)43(3,19-50)26(42)10-11-45(27,44)5)41(60)67-40-35(66-38-32(57)28(53)23(52)18-62-38)34(30(55)25(17-49)64-40)65-39-33(58)31(56)29(54)24(16-48)63-39/h7,20,22-40,48-59,61H,8-19H2,1-6H3/t20-,22-,23+,24-,25-,26-,27-,28+,29-,30-,31+,32-,33-,34+,35-,36-,37-,38+,39+,40+,42+,43+,44-,45-,46-,47+/m1/s1. The van der Waals surface area contributed by atoms with Gasteiger partial charge in [-0.3, -0.25) is 4.79 Å². The third-order valence-electron chi connectivity index (χ3n) is 19.5. The molecule has 20 nitrogen and oxygen atoms in total. The molecule has 0 radical (unpaired) electrons. The molecule has 20 heteroatoms. The van der Waals surface area contributed by atoms with Crippen molar-refractivity contribution in [1.82, 2.24) is 0 Å². The molecule has 26 atom stereocenters. The van der Waals surface area contributed by atoms with Crippen molar-refractivity contribution in [3.05, 3.63) is 11.6 Å². The van der Waals surface area contributed by atoms with E-state index in [1.807, 2.05) is 13.8 Å². The zero-order valence-electron chi connectivity index (χ0n) is 39.3. The highest BCUT2D eigenvalue weighted by atomic mass is 16.8. The van der Waals surface area contributed by atoms with Crippen LogP contribution >= 0.6 is 0 Å². The molecule has 3 aliphatic heterocycles. The molecule has 0 aromatic carbocycles. The van der Waals surface area contributed by atoms with Crippen LogP contribution in [0.2, 0.25) is 0 Å². The summed E-state index contributed by atoms with van der Waals surface area (Å²) < 4.78 is 35.8. The molecule has 7 fully saturated rings. The fourth-order valence-corrected chi connectivity index (χ4v) is 15.0. The number of fused-ring (bicyclic) bond motifs is 7. The summed E-state index contributed by atoms with van der Waals surface area (Å²) in [6.45, 7) is 9.67. The number of hydrogen-bond donors (Lipinski definition) is 13. The number of allylic oxidation sites excluding steroid dienone is 1. The van der Waals surface area contributed by atoms with Crippen LogP contribution < -0.4 is 0 Å². The molecule has 3 heterocycles. The number of ether oxygens (including phenoxy) is 6. The fraction of sp³-hybridized carbons (Fsp3) is 0.936. The molecule has 0 bridgehead atoms. The van der Waals surface area contributed by atoms with Crippen molar-refractivity contribution in [2.75, 3.05) is 26.4 Å². The predicted molar refractivity (Wildman–Crippen MR) is 228 cm³/mol. The van der Waals surface area contributed by atoms with Gasteiger partial charge in [0, 0.05) is 11.3 Å². The molecule has 13 N–H and O–H groups in total. The van der Waals surface area contributed by atoms with E-state index in [0.717, 1.165) is 12.0 Å². The first kappa shape index (κ1) is 51.8. The molecule has 0 unspecified atom stereocenters. The molecule has 0 aromatic heterocycles. The van der Waals surface area contributed by atoms with Crippen LogP contribution in [-0.2, 0) is 33.2 Å². The van der Waals surface area contributed by atoms with Crippen LogP contribution in [0.1, 0.15) is 92.9 Å². The van der Waals surface area contributed by atoms with Crippen molar-refractivity contribution in [2.45, 2.75) is 197 Å². The van der Waals surface area contributed by atoms with E-state index in [1.54, 1.807) is 6.92 Å². The Morgan fingerprint density at radius 2 is 1.33 bits per heavy atom. The first-order valence-electron chi connectivity index (χ1n) is 24.2. The lowest BCUT2D eigenvalue weighted by atomic mass is 9.33. The Morgan fingerprint density at radius 3 is 1.99 bits per heavy atom. The Balaban J connectivity index is 1.16. The van der Waals surface area contributed by atoms with Gasteiger partial charge < -0.3 is 94.8 Å². The molecule has 4 saturated carbocycles. The van der Waals surface area contributed by atoms with Gasteiger partial charge >= 0.3 is 5.97 Å². The number of rotatable bonds is 9. The van der Waals surface area contributed by atoms with Gasteiger partial charge in [-0.15, -0.1) is 0 Å². The molecule has 8 aliphatic rings. The lowest BCUT2D eigenvalue weighted by Gasteiger charge is -2.72. The second kappa shape index (κ2) is 18.2. The maximum atomic E-state index is 15.5. The van der Waals surface area contributed by atoms with Gasteiger partial charge in [-0.05, 0) is 92.3 Å². The average molecular weight is 961 g/mol. The highest BCUT2D eigenvalue weighted by Gasteiger charge is 2.73. The summed E-state index contributed by atoms with van der Waals surface area (Å²) >= 11 is 0. The fourth-order valence-electron chi connectivity index (χ4n) is 15.0. The number of carbonyl (C=O) groups excluding carboxylic acids is 1. The quantitative estimate of drug-likeness (QED) is 0.0853. The minimum atomic E-state index is -1.98. The van der Waals surface area contributed by atoms with Gasteiger partial charge in [-0.1, -0.05) is 46.3 Å². The van der Waals surface area contributed by atoms with Gasteiger partial charge in [0.1, 0.15) is 61.0 Å². The number of esters is 1. The van der Waals surface area contributed by atoms with E-state index in [-0.39, 0.29) is 37.2 Å². The van der Waals surface area contributed by atoms with E-state index < -0.39 is 163 Å². The Hall–Kier alpha value is -1.51. The van der Waals surface area contributed by atoms with Crippen molar-refractivity contribution in [3.8, 4) is 0 Å². The number of carbonyl (C=O) groups is 1. The summed E-state index contributed by atoms with van der Waals surface area (Å²) in [5, 5.41) is 142. The van der Waals surface area contributed by atoms with Gasteiger partial charge in [0.15, 0.2) is 18.7 Å². The molecule has 0 spiro atoms. The Morgan fingerprint density at radius 1 is 0.701 bits per heavy atom. The average Bonchev–Trinajstić information content (AvgIpc) is 3.28. The molecule has 5 aliphatic carbocycles. The molecular weight excluding hydrogens is 884 g/mol. The van der Waals surface area contributed by atoms with E-state index in [1.165, 1.54) is 0 Å². The summed E-state index contributed by atoms with van der Waals surface area (Å²) in [5.41, 5.74) is -4.36. The highest BCUT2D eigenvalue weighted by molar-refractivity contribution is 5.79. The Bertz CT molecular complexity index is 1830. The summed E-state index contributed by atoms with van der Waals surface area (Å²) in [4.78, 5) is 15.5. The highest BCUT2D eigenvalue weighted by Crippen LogP contribution is 2.76. The Labute approximate surface area is 390 Å². The maximum absolute atomic E-state index is 15.5. The Kier molecular flexibility index (Phi) is 14.1. The zero-order valence-corrected chi connectivity index (χ0v) is 39.3. The second-order valence-electron chi connectivity index (χ2n) is 22.7. The van der Waals surface area contributed by atoms with Crippen molar-refractivity contribution in [1.29, 1.82) is 0 Å². The van der Waals surface area contributed by atoms with Crippen molar-refractivity contribution >= 4 is 5.97 Å². The van der Waals surface area contributed by atoms with E-state index in [9.17, 15) is 66.4 Å². The van der Waals surface area contributed by atoms with Crippen LogP contribution in [0, 0.1) is 50.7 Å². The van der Waals surface area contributed by atoms with Crippen LogP contribution in [-0.4, -0.2) is 203 Å². The van der Waals surface area contributed by atoms with Crippen molar-refractivity contribution in [3.63, 3.8) is 0 Å². The van der Waals surface area contributed by atoms with E-state index in [2.05, 4.69) is 26.8 Å². The zero-order chi connectivity index (χ0) is 49.1. The van der Waals surface area contributed by atoms with E-state index in [4.69, 9.17) is 28.4 Å². The van der Waals surface area contributed by atoms with Crippen LogP contribution in [0.25, 0.3) is 0 Å². The summed E-state index contributed by atoms with van der Waals surface area (Å²) in [6.07, 6.45) is -21.2. The van der Waals surface area contributed by atoms with Gasteiger partial charge in [0.2, 0.25) is 6.29 Å². The van der Waals surface area contributed by atoms with Crippen LogP contribution in [0.4, 0.5) is 0 Å². The van der Waals surface area contributed by atoms with Gasteiger partial charge in [-0.25, -0.2) is 0 Å². The number of aliphatic hydroxyl groups is 13. The largest absolute Gasteiger partial charge is 0.432 e. The SMILES string of the molecule is C[C@@H]1CC[C@]2(C(=O)O[C@@H]3O[C@H](CO)[C@@H](O)[C@H](O[C@@H]4O[C@H](CO)[C@@H](O)[C@H](O)[C@H]4O)[C@H]3O[C@@H]3OC[C@H](O)[C@H](O)[C@H]3O)CC[C@]3(C)C(=CC[C@@H]4[C@@]5(C)C[C@@H](O)[C@@H](O)[C@@](C)(CO)[C@@H]5CC[C@]43C)[C@@H]2[C@]1(C)O. The molecule has 3 saturated heterocycles. The molecule has 0 amide bonds. The normalized spacial score (nSPS) is 56.7. The van der Waals surface area contributed by atoms with E-state index in [0.29, 0.717) is 32.1 Å². The molecule has 0 aromatic rings. The monoisotopic (exact) mass is 960 g/mol. The van der Waals surface area contributed by atoms with Gasteiger partial charge in [0.25, 0.3) is 0 Å². The predicted octanol–water partition coefficient (Wildman–Crippen LogP) is -2.31. The van der Waals surface area contributed by atoms with E-state index >= 15 is 4.79 Å². The van der Waals surface area contributed by atoms with Crippen molar-refractivity contribution < 1.29 is 99.6 Å². The molecule has 67 heavy (non-hydrogen) atoms. The van der Waals surface area contributed by atoms with Gasteiger partial charge in [-0.2, -0.15) is 0 Å². The number of hydrogen-bond acceptors (Lipinski definition) is 20. The first-order valence-corrected chi connectivity index (χ1v) is 24.2. The minimum Gasteiger partial charge on any atom is -0.432 e. The third-order valence-corrected chi connectivity index (χ3v) is 19.5. The molecular formula is C47H76O20. The summed E-state index contributed by atoms with van der Waals surface area (Å²) in [5.74, 6) is -1.98. The molecule has 384 valence electrons. The second-order valence-corrected chi connectivity index (χ2v) is 22.7. The minimum absolute atomic E-state index is 0.000977. The summed E-state index contributed by atoms with van der Waals surface area (Å²) in [7, 11) is 0.